The monoisotopic (exact) mass is 374 g/mol. The summed E-state index contributed by atoms with van der Waals surface area (Å²) in [7, 11) is 0. The first-order valence-corrected chi connectivity index (χ1v) is 8.80. The molecule has 140 valence electrons. The number of anilines is 1. The van der Waals surface area contributed by atoms with Crippen LogP contribution in [0.4, 0.5) is 19.0 Å². The summed E-state index contributed by atoms with van der Waals surface area (Å²) in [4.78, 5) is 12.8. The molecular weight excluding hydrogens is 357 g/mol. The van der Waals surface area contributed by atoms with Gasteiger partial charge in [0.15, 0.2) is 5.65 Å². The van der Waals surface area contributed by atoms with E-state index in [-0.39, 0.29) is 0 Å². The van der Waals surface area contributed by atoms with Gasteiger partial charge in [-0.15, -0.1) is 0 Å². The van der Waals surface area contributed by atoms with Crippen molar-refractivity contribution in [1.29, 1.82) is 0 Å². The van der Waals surface area contributed by atoms with E-state index in [4.69, 9.17) is 0 Å². The van der Waals surface area contributed by atoms with E-state index in [2.05, 4.69) is 24.9 Å². The topological polar surface area (TPSA) is 49.6 Å². The van der Waals surface area contributed by atoms with Crippen LogP contribution in [0.25, 0.3) is 5.65 Å². The number of nitrogens with zero attached hydrogens (tertiary/aromatic N) is 6. The zero-order chi connectivity index (χ0) is 18.6. The average molecular weight is 374 g/mol. The lowest BCUT2D eigenvalue weighted by Crippen LogP contribution is -2.69. The molecule has 0 radical (unpaired) electrons. The molecule has 6 rings (SSSR count). The van der Waals surface area contributed by atoms with E-state index in [1.165, 1.54) is 12.3 Å². The molecule has 3 aromatic rings. The molecule has 9 heteroatoms. The second-order valence-corrected chi connectivity index (χ2v) is 7.11. The Labute approximate surface area is 153 Å². The normalized spacial score (nSPS) is 22.9. The van der Waals surface area contributed by atoms with Crippen molar-refractivity contribution in [3.05, 3.63) is 54.1 Å². The van der Waals surface area contributed by atoms with Gasteiger partial charge in [-0.1, -0.05) is 6.07 Å². The first-order valence-electron chi connectivity index (χ1n) is 8.80. The SMILES string of the molecule is FC(F)(F)c1ccc(CN2CC3CC(C2)N3c2ccn3nccc3n2)cn1. The predicted molar refractivity (Wildman–Crippen MR) is 92.2 cm³/mol. The first-order chi connectivity index (χ1) is 13.0. The molecule has 0 aromatic carbocycles. The summed E-state index contributed by atoms with van der Waals surface area (Å²) in [5.41, 5.74) is 0.778. The highest BCUT2D eigenvalue weighted by atomic mass is 19.4. The Hall–Kier alpha value is -2.68. The van der Waals surface area contributed by atoms with Gasteiger partial charge in [0.25, 0.3) is 0 Å². The molecule has 3 saturated heterocycles. The second kappa shape index (κ2) is 5.91. The molecule has 6 nitrogen and oxygen atoms in total. The molecule has 0 aliphatic carbocycles. The third kappa shape index (κ3) is 2.91. The molecule has 2 atom stereocenters. The van der Waals surface area contributed by atoms with Crippen LogP contribution in [0.5, 0.6) is 0 Å². The van der Waals surface area contributed by atoms with E-state index in [1.54, 1.807) is 10.7 Å². The summed E-state index contributed by atoms with van der Waals surface area (Å²) >= 11 is 0. The van der Waals surface area contributed by atoms with Gasteiger partial charge in [-0.2, -0.15) is 18.3 Å². The molecule has 0 saturated carbocycles. The van der Waals surface area contributed by atoms with Gasteiger partial charge in [0.1, 0.15) is 11.5 Å². The number of alkyl halides is 3. The minimum absolute atomic E-state index is 0.379. The largest absolute Gasteiger partial charge is 0.433 e. The fourth-order valence-electron chi connectivity index (χ4n) is 4.09. The summed E-state index contributed by atoms with van der Waals surface area (Å²) < 4.78 is 39.6. The fourth-order valence-corrected chi connectivity index (χ4v) is 4.09. The highest BCUT2D eigenvalue weighted by Crippen LogP contribution is 2.36. The maximum atomic E-state index is 12.6. The highest BCUT2D eigenvalue weighted by Gasteiger charge is 2.45. The number of piperazine rings is 1. The van der Waals surface area contributed by atoms with Gasteiger partial charge in [0, 0.05) is 50.2 Å². The summed E-state index contributed by atoms with van der Waals surface area (Å²) in [6.07, 6.45) is 1.69. The number of hydrogen-bond donors (Lipinski definition) is 0. The second-order valence-electron chi connectivity index (χ2n) is 7.11. The van der Waals surface area contributed by atoms with Gasteiger partial charge >= 0.3 is 6.18 Å². The molecule has 2 bridgehead atoms. The number of piperidine rings is 1. The minimum atomic E-state index is -4.39. The predicted octanol–water partition coefficient (Wildman–Crippen LogP) is 2.61. The molecule has 3 aliphatic heterocycles. The zero-order valence-corrected chi connectivity index (χ0v) is 14.3. The molecule has 3 aromatic heterocycles. The molecule has 3 aliphatic rings. The Morgan fingerprint density at radius 1 is 1.07 bits per heavy atom. The van der Waals surface area contributed by atoms with Crippen molar-refractivity contribution in [2.45, 2.75) is 31.2 Å². The number of halogens is 3. The molecule has 27 heavy (non-hydrogen) atoms. The van der Waals surface area contributed by atoms with E-state index < -0.39 is 11.9 Å². The summed E-state index contributed by atoms with van der Waals surface area (Å²) in [6, 6.07) is 7.19. The number of fused-ring (bicyclic) bond motifs is 3. The average Bonchev–Trinajstić information content (AvgIpc) is 3.09. The molecule has 0 N–H and O–H groups in total. The van der Waals surface area contributed by atoms with Crippen LogP contribution in [0.15, 0.2) is 42.9 Å². The minimum Gasteiger partial charge on any atom is -0.348 e. The van der Waals surface area contributed by atoms with E-state index in [1.807, 2.05) is 18.3 Å². The lowest BCUT2D eigenvalue weighted by Gasteiger charge is -2.57. The van der Waals surface area contributed by atoms with Crippen LogP contribution in [0.3, 0.4) is 0 Å². The van der Waals surface area contributed by atoms with E-state index >= 15 is 0 Å². The quantitative estimate of drug-likeness (QED) is 0.705. The van der Waals surface area contributed by atoms with Crippen molar-refractivity contribution in [2.24, 2.45) is 0 Å². The summed E-state index contributed by atoms with van der Waals surface area (Å²) in [5.74, 6) is 0.958. The van der Waals surface area contributed by atoms with Gasteiger partial charge in [-0.3, -0.25) is 9.88 Å². The Bertz CT molecular complexity index is 955. The number of rotatable bonds is 3. The zero-order valence-electron chi connectivity index (χ0n) is 14.3. The van der Waals surface area contributed by atoms with Crippen LogP contribution in [-0.2, 0) is 12.7 Å². The van der Waals surface area contributed by atoms with Crippen molar-refractivity contribution in [2.75, 3.05) is 18.0 Å². The fraction of sp³-hybridized carbons (Fsp3) is 0.389. The van der Waals surface area contributed by atoms with Crippen molar-refractivity contribution in [1.82, 2.24) is 24.5 Å². The Morgan fingerprint density at radius 2 is 1.89 bits per heavy atom. The lowest BCUT2D eigenvalue weighted by molar-refractivity contribution is -0.141. The van der Waals surface area contributed by atoms with E-state index in [0.29, 0.717) is 18.6 Å². The highest BCUT2D eigenvalue weighted by molar-refractivity contribution is 5.51. The van der Waals surface area contributed by atoms with Crippen LogP contribution in [0.1, 0.15) is 17.7 Å². The molecule has 2 unspecified atom stereocenters. The van der Waals surface area contributed by atoms with E-state index in [9.17, 15) is 13.2 Å². The Morgan fingerprint density at radius 3 is 2.59 bits per heavy atom. The van der Waals surface area contributed by atoms with Gasteiger partial charge in [0.2, 0.25) is 0 Å². The van der Waals surface area contributed by atoms with Gasteiger partial charge in [0.05, 0.1) is 6.20 Å². The molecular formula is C18H17F3N6. The first kappa shape index (κ1) is 16.5. The number of pyridine rings is 1. The van der Waals surface area contributed by atoms with Crippen molar-refractivity contribution in [3.8, 4) is 0 Å². The van der Waals surface area contributed by atoms with E-state index in [0.717, 1.165) is 42.6 Å². The molecule has 0 amide bonds. The van der Waals surface area contributed by atoms with Crippen molar-refractivity contribution < 1.29 is 13.2 Å². The Kier molecular flexibility index (Phi) is 3.61. The van der Waals surface area contributed by atoms with Crippen LogP contribution < -0.4 is 4.90 Å². The number of aromatic nitrogens is 4. The molecule has 0 spiro atoms. The maximum absolute atomic E-state index is 12.6. The van der Waals surface area contributed by atoms with Gasteiger partial charge in [-0.25, -0.2) is 9.50 Å². The third-order valence-corrected chi connectivity index (χ3v) is 5.30. The smallest absolute Gasteiger partial charge is 0.348 e. The molecule has 3 fully saturated rings. The summed E-state index contributed by atoms with van der Waals surface area (Å²) in [5, 5.41) is 4.17. The van der Waals surface area contributed by atoms with Gasteiger partial charge in [-0.05, 0) is 24.1 Å². The molecule has 6 heterocycles. The standard InChI is InChI=1S/C18H17F3N6/c19-18(20,21)15-2-1-12(8-22-15)9-25-10-13-7-14(11-25)27(13)17-4-6-26-16(24-17)3-5-23-26/h1-6,8,13-14H,7,9-11H2. The number of hydrogen-bond acceptors (Lipinski definition) is 5. The van der Waals surface area contributed by atoms with Crippen LogP contribution in [0, 0.1) is 0 Å². The van der Waals surface area contributed by atoms with Crippen molar-refractivity contribution >= 4 is 11.5 Å². The van der Waals surface area contributed by atoms with Gasteiger partial charge < -0.3 is 4.90 Å². The van der Waals surface area contributed by atoms with Crippen LogP contribution in [-0.4, -0.2) is 49.7 Å². The third-order valence-electron chi connectivity index (χ3n) is 5.30. The Balaban J connectivity index is 1.26. The summed E-state index contributed by atoms with van der Waals surface area (Å²) in [6.45, 7) is 2.34. The van der Waals surface area contributed by atoms with Crippen LogP contribution >= 0.6 is 0 Å². The maximum Gasteiger partial charge on any atom is 0.433 e. The van der Waals surface area contributed by atoms with Crippen molar-refractivity contribution in [3.63, 3.8) is 0 Å². The lowest BCUT2D eigenvalue weighted by atomic mass is 9.87. The van der Waals surface area contributed by atoms with Crippen LogP contribution in [0.2, 0.25) is 0 Å².